The van der Waals surface area contributed by atoms with E-state index in [1.165, 1.54) is 41.3 Å². The van der Waals surface area contributed by atoms with E-state index in [1.807, 2.05) is 0 Å². The fourth-order valence-corrected chi connectivity index (χ4v) is 3.07. The summed E-state index contributed by atoms with van der Waals surface area (Å²) in [4.78, 5) is 47.9. The molecule has 2 aromatic rings. The zero-order valence-electron chi connectivity index (χ0n) is 16.0. The number of carbonyl (C=O) groups is 3. The van der Waals surface area contributed by atoms with Crippen LogP contribution in [0.4, 0.5) is 21.5 Å². The molecule has 1 saturated heterocycles. The largest absolute Gasteiger partial charge is 0.455 e. The van der Waals surface area contributed by atoms with Crippen molar-refractivity contribution in [2.24, 2.45) is 5.92 Å². The van der Waals surface area contributed by atoms with Gasteiger partial charge >= 0.3 is 5.97 Å². The average molecular weight is 415 g/mol. The van der Waals surface area contributed by atoms with Gasteiger partial charge in [-0.15, -0.1) is 0 Å². The van der Waals surface area contributed by atoms with Gasteiger partial charge in [-0.1, -0.05) is 18.2 Å². The minimum Gasteiger partial charge on any atom is -0.455 e. The second-order valence-corrected chi connectivity index (χ2v) is 6.77. The summed E-state index contributed by atoms with van der Waals surface area (Å²) < 4.78 is 18.9. The Morgan fingerprint density at radius 2 is 2.03 bits per heavy atom. The molecule has 1 aliphatic rings. The van der Waals surface area contributed by atoms with Crippen molar-refractivity contribution in [1.82, 2.24) is 0 Å². The maximum atomic E-state index is 13.9. The number of aryl methyl sites for hydroxylation is 1. The number of nitrogens with one attached hydrogen (secondary N) is 1. The summed E-state index contributed by atoms with van der Waals surface area (Å²) in [5.74, 6) is -3.26. The Hall–Kier alpha value is -3.82. The minimum absolute atomic E-state index is 0.0514. The Balaban J connectivity index is 1.57. The molecule has 0 bridgehead atoms. The number of carbonyl (C=O) groups excluding carboxylic acids is 3. The molecule has 0 radical (unpaired) electrons. The predicted octanol–water partition coefficient (Wildman–Crippen LogP) is 2.58. The van der Waals surface area contributed by atoms with Crippen LogP contribution in [0.5, 0.6) is 0 Å². The highest BCUT2D eigenvalue weighted by atomic mass is 19.1. The zero-order valence-corrected chi connectivity index (χ0v) is 16.0. The summed E-state index contributed by atoms with van der Waals surface area (Å²) in [7, 11) is 0. The second kappa shape index (κ2) is 8.68. The van der Waals surface area contributed by atoms with E-state index in [4.69, 9.17) is 4.74 Å². The Bertz CT molecular complexity index is 1030. The van der Waals surface area contributed by atoms with E-state index < -0.39 is 41.0 Å². The topological polar surface area (TPSA) is 119 Å². The number of hydrogen-bond donors (Lipinski definition) is 1. The summed E-state index contributed by atoms with van der Waals surface area (Å²) in [6, 6.07) is 9.73. The molecule has 0 saturated carbocycles. The van der Waals surface area contributed by atoms with Crippen LogP contribution < -0.4 is 10.2 Å². The van der Waals surface area contributed by atoms with Gasteiger partial charge in [0.2, 0.25) is 5.91 Å². The number of non-ortho nitro benzene ring substituents is 1. The van der Waals surface area contributed by atoms with Crippen molar-refractivity contribution in [3.05, 3.63) is 64.0 Å². The SMILES string of the molecule is Cc1ccc([N+](=O)[O-])cc1NC(=O)COC(=O)[C@@H]1CC(=O)N(c2ccccc2F)C1. The predicted molar refractivity (Wildman–Crippen MR) is 104 cm³/mol. The maximum Gasteiger partial charge on any atom is 0.311 e. The maximum absolute atomic E-state index is 13.9. The third-order valence-electron chi connectivity index (χ3n) is 4.65. The lowest BCUT2D eigenvalue weighted by atomic mass is 10.1. The molecule has 0 spiro atoms. The van der Waals surface area contributed by atoms with Gasteiger partial charge in [0.15, 0.2) is 6.61 Å². The number of halogens is 1. The lowest BCUT2D eigenvalue weighted by Crippen LogP contribution is -2.28. The fourth-order valence-electron chi connectivity index (χ4n) is 3.07. The van der Waals surface area contributed by atoms with Crippen LogP contribution in [0.2, 0.25) is 0 Å². The molecule has 0 unspecified atom stereocenters. The highest BCUT2D eigenvalue weighted by Crippen LogP contribution is 2.28. The van der Waals surface area contributed by atoms with Crippen LogP contribution in [-0.2, 0) is 19.1 Å². The summed E-state index contributed by atoms with van der Waals surface area (Å²) in [6.07, 6.45) is -0.154. The van der Waals surface area contributed by atoms with Gasteiger partial charge in [0, 0.05) is 25.1 Å². The quantitative estimate of drug-likeness (QED) is 0.440. The van der Waals surface area contributed by atoms with E-state index in [-0.39, 0.29) is 30.0 Å². The number of rotatable bonds is 6. The van der Waals surface area contributed by atoms with E-state index >= 15 is 0 Å². The van der Waals surface area contributed by atoms with Crippen LogP contribution in [0.1, 0.15) is 12.0 Å². The van der Waals surface area contributed by atoms with Crippen LogP contribution in [0.15, 0.2) is 42.5 Å². The lowest BCUT2D eigenvalue weighted by Gasteiger charge is -2.17. The van der Waals surface area contributed by atoms with Gasteiger partial charge in [-0.2, -0.15) is 0 Å². The molecule has 3 rings (SSSR count). The number of hydrogen-bond acceptors (Lipinski definition) is 6. The van der Waals surface area contributed by atoms with E-state index in [2.05, 4.69) is 5.32 Å². The van der Waals surface area contributed by atoms with Gasteiger partial charge in [-0.05, 0) is 24.6 Å². The molecular formula is C20H18FN3O6. The first kappa shape index (κ1) is 20.9. The molecule has 1 atom stereocenters. The van der Waals surface area contributed by atoms with E-state index in [0.29, 0.717) is 5.56 Å². The van der Waals surface area contributed by atoms with Gasteiger partial charge in [0.25, 0.3) is 11.6 Å². The van der Waals surface area contributed by atoms with Crippen LogP contribution in [0.3, 0.4) is 0 Å². The lowest BCUT2D eigenvalue weighted by molar-refractivity contribution is -0.384. The van der Waals surface area contributed by atoms with Crippen molar-refractivity contribution >= 4 is 34.8 Å². The summed E-state index contributed by atoms with van der Waals surface area (Å²) >= 11 is 0. The molecule has 30 heavy (non-hydrogen) atoms. The third kappa shape index (κ3) is 4.59. The van der Waals surface area contributed by atoms with Crippen LogP contribution >= 0.6 is 0 Å². The first-order valence-electron chi connectivity index (χ1n) is 9.02. The van der Waals surface area contributed by atoms with Gasteiger partial charge in [-0.25, -0.2) is 4.39 Å². The first-order chi connectivity index (χ1) is 14.3. The van der Waals surface area contributed by atoms with Gasteiger partial charge < -0.3 is 15.0 Å². The second-order valence-electron chi connectivity index (χ2n) is 6.77. The van der Waals surface area contributed by atoms with Crippen molar-refractivity contribution in [2.75, 3.05) is 23.4 Å². The standard InChI is InChI=1S/C20H18FN3O6/c1-12-6-7-14(24(28)29)9-16(12)22-18(25)11-30-20(27)13-8-19(26)23(10-13)17-5-3-2-4-15(17)21/h2-7,9,13H,8,10-11H2,1H3,(H,22,25)/t13-/m1/s1. The summed E-state index contributed by atoms with van der Waals surface area (Å²) in [5, 5.41) is 13.3. The molecular weight excluding hydrogens is 397 g/mol. The molecule has 0 aromatic heterocycles. The number of para-hydroxylation sites is 1. The van der Waals surface area contributed by atoms with Crippen LogP contribution in [-0.4, -0.2) is 35.9 Å². The number of amides is 2. The number of nitro groups is 1. The zero-order chi connectivity index (χ0) is 21.8. The summed E-state index contributed by atoms with van der Waals surface area (Å²) in [6.45, 7) is 0.988. The molecule has 2 amide bonds. The molecule has 0 aliphatic carbocycles. The fraction of sp³-hybridized carbons (Fsp3) is 0.250. The van der Waals surface area contributed by atoms with Crippen molar-refractivity contribution in [3.63, 3.8) is 0 Å². The number of nitro benzene ring substituents is 1. The number of ether oxygens (including phenoxy) is 1. The van der Waals surface area contributed by atoms with Crippen molar-refractivity contribution in [3.8, 4) is 0 Å². The van der Waals surface area contributed by atoms with Crippen molar-refractivity contribution < 1.29 is 28.4 Å². The normalized spacial score (nSPS) is 15.7. The first-order valence-corrected chi connectivity index (χ1v) is 9.02. The Labute approximate surface area is 170 Å². The molecule has 10 heteroatoms. The van der Waals surface area contributed by atoms with Crippen LogP contribution in [0, 0.1) is 28.8 Å². The molecule has 2 aromatic carbocycles. The molecule has 9 nitrogen and oxygen atoms in total. The molecule has 156 valence electrons. The Kier molecular flexibility index (Phi) is 6.05. The molecule has 1 aliphatic heterocycles. The smallest absolute Gasteiger partial charge is 0.311 e. The monoisotopic (exact) mass is 415 g/mol. The Morgan fingerprint density at radius 1 is 1.30 bits per heavy atom. The van der Waals surface area contributed by atoms with E-state index in [9.17, 15) is 28.9 Å². The van der Waals surface area contributed by atoms with E-state index in [1.54, 1.807) is 13.0 Å². The number of anilines is 2. The number of esters is 1. The molecule has 1 N–H and O–H groups in total. The van der Waals surface area contributed by atoms with Gasteiger partial charge in [0.05, 0.1) is 22.2 Å². The minimum atomic E-state index is -0.829. The van der Waals surface area contributed by atoms with Crippen molar-refractivity contribution in [2.45, 2.75) is 13.3 Å². The highest BCUT2D eigenvalue weighted by molar-refractivity contribution is 6.00. The Morgan fingerprint density at radius 3 is 2.73 bits per heavy atom. The van der Waals surface area contributed by atoms with Crippen LogP contribution in [0.25, 0.3) is 0 Å². The van der Waals surface area contributed by atoms with Crippen molar-refractivity contribution in [1.29, 1.82) is 0 Å². The molecule has 1 heterocycles. The highest BCUT2D eigenvalue weighted by Gasteiger charge is 2.37. The number of benzene rings is 2. The summed E-state index contributed by atoms with van der Waals surface area (Å²) in [5.41, 5.74) is 0.719. The van der Waals surface area contributed by atoms with E-state index in [0.717, 1.165) is 0 Å². The molecule has 1 fully saturated rings. The van der Waals surface area contributed by atoms with Gasteiger partial charge in [-0.3, -0.25) is 24.5 Å². The number of nitrogens with zero attached hydrogens (tertiary/aromatic N) is 2. The van der Waals surface area contributed by atoms with Gasteiger partial charge in [0.1, 0.15) is 5.82 Å². The average Bonchev–Trinajstić information content (AvgIpc) is 3.09. The third-order valence-corrected chi connectivity index (χ3v) is 4.65.